The molecule has 1 atom stereocenters. The van der Waals surface area contributed by atoms with Crippen molar-refractivity contribution in [3.63, 3.8) is 0 Å². The maximum absolute atomic E-state index is 8.35. The molecule has 0 saturated carbocycles. The Labute approximate surface area is 37.4 Å². The van der Waals surface area contributed by atoms with Gasteiger partial charge in [-0.1, -0.05) is 6.92 Å². The van der Waals surface area contributed by atoms with Crippen molar-refractivity contribution in [1.29, 1.82) is 0 Å². The zero-order valence-corrected chi connectivity index (χ0v) is 3.59. The first kappa shape index (κ1) is 5.92. The maximum atomic E-state index is 8.35. The second-order valence-electron chi connectivity index (χ2n) is 1.13. The van der Waals surface area contributed by atoms with Crippen LogP contribution in [0.15, 0.2) is 0 Å². The quantitative estimate of drug-likeness (QED) is 0.481. The van der Waals surface area contributed by atoms with Gasteiger partial charge in [-0.05, 0) is 6.42 Å². The van der Waals surface area contributed by atoms with E-state index in [1.165, 1.54) is 0 Å². The monoisotopic (exact) mass is 89.1 g/mol. The van der Waals surface area contributed by atoms with E-state index in [0.29, 0.717) is 6.42 Å². The molecular formula is C4H9O2. The van der Waals surface area contributed by atoms with Gasteiger partial charge in [0.25, 0.3) is 0 Å². The largest absolute Gasteiger partial charge is 0.394 e. The summed E-state index contributed by atoms with van der Waals surface area (Å²) >= 11 is 0. The SMILES string of the molecule is [CH2]C[C@H](O)CO. The third kappa shape index (κ3) is 2.18. The lowest BCUT2D eigenvalue weighted by atomic mass is 10.3. The first-order valence-electron chi connectivity index (χ1n) is 1.89. The van der Waals surface area contributed by atoms with Gasteiger partial charge in [0.2, 0.25) is 0 Å². The summed E-state index contributed by atoms with van der Waals surface area (Å²) in [6, 6.07) is 0. The molecular weight excluding hydrogens is 80.0 g/mol. The molecule has 0 aromatic heterocycles. The summed E-state index contributed by atoms with van der Waals surface area (Å²) in [6.45, 7) is 3.17. The molecule has 0 rings (SSSR count). The summed E-state index contributed by atoms with van der Waals surface area (Å²) in [5.74, 6) is 0. The molecule has 2 N–H and O–H groups in total. The standard InChI is InChI=1S/C4H9O2/c1-2-4(6)3-5/h4-6H,1-3H2/t4-/m0/s1. The number of rotatable bonds is 2. The molecule has 2 nitrogen and oxygen atoms in total. The van der Waals surface area contributed by atoms with E-state index in [9.17, 15) is 0 Å². The maximum Gasteiger partial charge on any atom is 0.0770 e. The zero-order valence-electron chi connectivity index (χ0n) is 3.59. The fourth-order valence-corrected chi connectivity index (χ4v) is 0.0913. The number of hydrogen-bond acceptors (Lipinski definition) is 2. The van der Waals surface area contributed by atoms with Crippen LogP contribution in [0.5, 0.6) is 0 Å². The summed E-state index contributed by atoms with van der Waals surface area (Å²) in [4.78, 5) is 0. The molecule has 6 heavy (non-hydrogen) atoms. The Morgan fingerprint density at radius 1 is 1.67 bits per heavy atom. The lowest BCUT2D eigenvalue weighted by Gasteiger charge is -1.97. The van der Waals surface area contributed by atoms with Crippen LogP contribution in [0.4, 0.5) is 0 Å². The van der Waals surface area contributed by atoms with Crippen LogP contribution in [0.25, 0.3) is 0 Å². The van der Waals surface area contributed by atoms with E-state index in [-0.39, 0.29) is 6.61 Å². The zero-order chi connectivity index (χ0) is 4.99. The van der Waals surface area contributed by atoms with Crippen molar-refractivity contribution in [2.24, 2.45) is 0 Å². The Morgan fingerprint density at radius 3 is 2.17 bits per heavy atom. The smallest absolute Gasteiger partial charge is 0.0770 e. The second kappa shape index (κ2) is 3.12. The Kier molecular flexibility index (Phi) is 3.08. The average Bonchev–Trinajstić information content (AvgIpc) is 1.65. The Hall–Kier alpha value is -0.0800. The molecule has 0 saturated heterocycles. The van der Waals surface area contributed by atoms with E-state index in [4.69, 9.17) is 10.2 Å². The van der Waals surface area contributed by atoms with Crippen LogP contribution in [-0.4, -0.2) is 22.9 Å². The third-order valence-electron chi connectivity index (χ3n) is 0.544. The van der Waals surface area contributed by atoms with Gasteiger partial charge < -0.3 is 10.2 Å². The number of hydrogen-bond donors (Lipinski definition) is 2. The molecule has 0 fully saturated rings. The highest BCUT2D eigenvalue weighted by Crippen LogP contribution is 1.82. The van der Waals surface area contributed by atoms with Crippen LogP contribution in [0.1, 0.15) is 6.42 Å². The predicted octanol–water partition coefficient (Wildman–Crippen LogP) is -0.436. The fraction of sp³-hybridized carbons (Fsp3) is 0.750. The minimum atomic E-state index is -0.620. The Morgan fingerprint density at radius 2 is 2.17 bits per heavy atom. The van der Waals surface area contributed by atoms with Crippen molar-refractivity contribution in [3.8, 4) is 0 Å². The Balaban J connectivity index is 2.75. The van der Waals surface area contributed by atoms with Crippen LogP contribution >= 0.6 is 0 Å². The Bertz CT molecular complexity index is 24.7. The minimum absolute atomic E-state index is 0.177. The van der Waals surface area contributed by atoms with Gasteiger partial charge in [-0.2, -0.15) is 0 Å². The molecule has 0 aliphatic rings. The van der Waals surface area contributed by atoms with E-state index in [1.54, 1.807) is 0 Å². The lowest BCUT2D eigenvalue weighted by molar-refractivity contribution is 0.0971. The van der Waals surface area contributed by atoms with E-state index in [1.807, 2.05) is 0 Å². The molecule has 0 aromatic rings. The summed E-state index contributed by atoms with van der Waals surface area (Å²) in [5.41, 5.74) is 0. The van der Waals surface area contributed by atoms with E-state index in [2.05, 4.69) is 6.92 Å². The molecule has 1 radical (unpaired) electrons. The molecule has 2 heteroatoms. The van der Waals surface area contributed by atoms with E-state index in [0.717, 1.165) is 0 Å². The van der Waals surface area contributed by atoms with Gasteiger partial charge in [-0.3, -0.25) is 0 Å². The summed E-state index contributed by atoms with van der Waals surface area (Å²) in [7, 11) is 0. The average molecular weight is 89.1 g/mol. The topological polar surface area (TPSA) is 40.5 Å². The van der Waals surface area contributed by atoms with E-state index >= 15 is 0 Å². The molecule has 0 amide bonds. The van der Waals surface area contributed by atoms with Gasteiger partial charge in [-0.15, -0.1) is 0 Å². The van der Waals surface area contributed by atoms with Crippen LogP contribution in [0, 0.1) is 6.92 Å². The number of aliphatic hydroxyl groups is 2. The van der Waals surface area contributed by atoms with Gasteiger partial charge in [0.1, 0.15) is 0 Å². The summed E-state index contributed by atoms with van der Waals surface area (Å²) < 4.78 is 0. The highest BCUT2D eigenvalue weighted by atomic mass is 16.3. The normalized spacial score (nSPS) is 14.5. The highest BCUT2D eigenvalue weighted by Gasteiger charge is 1.92. The number of aliphatic hydroxyl groups excluding tert-OH is 2. The van der Waals surface area contributed by atoms with Crippen molar-refractivity contribution in [3.05, 3.63) is 6.92 Å². The van der Waals surface area contributed by atoms with Crippen molar-refractivity contribution >= 4 is 0 Å². The first-order valence-corrected chi connectivity index (χ1v) is 1.89. The summed E-state index contributed by atoms with van der Waals surface area (Å²) in [6.07, 6.45) is -0.235. The van der Waals surface area contributed by atoms with E-state index < -0.39 is 6.10 Å². The molecule has 37 valence electrons. The third-order valence-corrected chi connectivity index (χ3v) is 0.544. The van der Waals surface area contributed by atoms with Crippen LogP contribution in [-0.2, 0) is 0 Å². The van der Waals surface area contributed by atoms with Gasteiger partial charge in [0.15, 0.2) is 0 Å². The van der Waals surface area contributed by atoms with Gasteiger partial charge in [0, 0.05) is 0 Å². The predicted molar refractivity (Wildman–Crippen MR) is 23.1 cm³/mol. The van der Waals surface area contributed by atoms with Gasteiger partial charge in [-0.25, -0.2) is 0 Å². The van der Waals surface area contributed by atoms with Crippen molar-refractivity contribution < 1.29 is 10.2 Å². The molecule has 0 aromatic carbocycles. The highest BCUT2D eigenvalue weighted by molar-refractivity contribution is 4.51. The van der Waals surface area contributed by atoms with Gasteiger partial charge >= 0.3 is 0 Å². The molecule has 0 heterocycles. The molecule has 0 aliphatic carbocycles. The van der Waals surface area contributed by atoms with Crippen LogP contribution in [0.2, 0.25) is 0 Å². The van der Waals surface area contributed by atoms with Gasteiger partial charge in [0.05, 0.1) is 12.7 Å². The molecule has 0 unspecified atom stereocenters. The van der Waals surface area contributed by atoms with Crippen molar-refractivity contribution in [2.75, 3.05) is 6.61 Å². The molecule has 0 spiro atoms. The first-order chi connectivity index (χ1) is 2.81. The lowest BCUT2D eigenvalue weighted by Crippen LogP contribution is -2.08. The summed E-state index contributed by atoms with van der Waals surface area (Å²) in [5, 5.41) is 16.4. The van der Waals surface area contributed by atoms with Crippen LogP contribution < -0.4 is 0 Å². The van der Waals surface area contributed by atoms with Crippen molar-refractivity contribution in [1.82, 2.24) is 0 Å². The molecule has 0 aliphatic heterocycles. The second-order valence-corrected chi connectivity index (χ2v) is 1.13. The van der Waals surface area contributed by atoms with Crippen molar-refractivity contribution in [2.45, 2.75) is 12.5 Å². The molecule has 0 bridgehead atoms. The van der Waals surface area contributed by atoms with Crippen LogP contribution in [0.3, 0.4) is 0 Å². The minimum Gasteiger partial charge on any atom is -0.394 e. The fourth-order valence-electron chi connectivity index (χ4n) is 0.0913.